The Morgan fingerprint density at radius 1 is 1.04 bits per heavy atom. The maximum atomic E-state index is 12.5. The fraction of sp³-hybridized carbons (Fsp3) is 0.312. The van der Waals surface area contributed by atoms with Crippen LogP contribution in [0.1, 0.15) is 28.8 Å². The normalized spacial score (nSPS) is 14.7. The Morgan fingerprint density at radius 3 is 2.17 bits per heavy atom. The smallest absolute Gasteiger partial charge is 0.341 e. The number of carbonyl (C=O) groups is 1. The number of anilines is 2. The van der Waals surface area contributed by atoms with E-state index in [4.69, 9.17) is 0 Å². The quantitative estimate of drug-likeness (QED) is 0.934. The van der Waals surface area contributed by atoms with Crippen LogP contribution < -0.4 is 10.2 Å². The number of carbonyl (C=O) groups excluding carboxylic acids is 1. The lowest BCUT2D eigenvalue weighted by Gasteiger charge is -2.14. The van der Waals surface area contributed by atoms with Crippen LogP contribution in [0.4, 0.5) is 24.8 Å². The van der Waals surface area contributed by atoms with E-state index in [-0.39, 0.29) is 5.56 Å². The molecule has 1 amide bonds. The molecule has 1 N–H and O–H groups in total. The van der Waals surface area contributed by atoms with Crippen molar-refractivity contribution in [1.29, 1.82) is 0 Å². The topological polar surface area (TPSA) is 58.1 Å². The molecule has 1 aromatic carbocycles. The molecular formula is C16H15F3N4O. The number of nitrogens with zero attached hydrogens (tertiary/aromatic N) is 3. The summed E-state index contributed by atoms with van der Waals surface area (Å²) in [5, 5.41) is 2.57. The number of hydrogen-bond donors (Lipinski definition) is 1. The summed E-state index contributed by atoms with van der Waals surface area (Å²) in [5.74, 6) is 0.0984. The summed E-state index contributed by atoms with van der Waals surface area (Å²) < 4.78 is 37.5. The third kappa shape index (κ3) is 3.64. The number of aromatic nitrogens is 2. The SMILES string of the molecule is O=C(Nc1cnc(N2CCCC2)nc1)c1ccc(C(F)(F)F)cc1. The van der Waals surface area contributed by atoms with Crippen LogP contribution in [0.25, 0.3) is 0 Å². The van der Waals surface area contributed by atoms with Crippen molar-refractivity contribution in [2.45, 2.75) is 19.0 Å². The second-order valence-electron chi connectivity index (χ2n) is 5.50. The van der Waals surface area contributed by atoms with Crippen LogP contribution in [-0.2, 0) is 6.18 Å². The first-order valence-electron chi connectivity index (χ1n) is 7.49. The number of nitrogens with one attached hydrogen (secondary N) is 1. The number of halogens is 3. The van der Waals surface area contributed by atoms with Crippen molar-refractivity contribution in [3.8, 4) is 0 Å². The van der Waals surface area contributed by atoms with Gasteiger partial charge in [0.05, 0.1) is 23.6 Å². The standard InChI is InChI=1S/C16H15F3N4O/c17-16(18,19)12-5-3-11(4-6-12)14(24)22-13-9-20-15(21-10-13)23-7-1-2-8-23/h3-6,9-10H,1-2,7-8H2,(H,22,24). The Labute approximate surface area is 136 Å². The Kier molecular flexibility index (Phi) is 4.37. The first-order chi connectivity index (χ1) is 11.4. The van der Waals surface area contributed by atoms with Crippen LogP contribution in [0.3, 0.4) is 0 Å². The van der Waals surface area contributed by atoms with Crippen LogP contribution in [0, 0.1) is 0 Å². The molecule has 0 bridgehead atoms. The summed E-state index contributed by atoms with van der Waals surface area (Å²) in [6.07, 6.45) is 0.769. The molecule has 1 aromatic heterocycles. The van der Waals surface area contributed by atoms with Gasteiger partial charge in [-0.25, -0.2) is 9.97 Å². The first kappa shape index (κ1) is 16.2. The van der Waals surface area contributed by atoms with E-state index in [0.29, 0.717) is 11.6 Å². The third-order valence-corrected chi connectivity index (χ3v) is 3.76. The molecule has 2 aromatic rings. The Hall–Kier alpha value is -2.64. The van der Waals surface area contributed by atoms with Crippen LogP contribution in [0.5, 0.6) is 0 Å². The van der Waals surface area contributed by atoms with Crippen molar-refractivity contribution in [3.05, 3.63) is 47.8 Å². The molecule has 5 nitrogen and oxygen atoms in total. The van der Waals surface area contributed by atoms with E-state index in [0.717, 1.165) is 50.2 Å². The minimum atomic E-state index is -4.42. The molecule has 8 heteroatoms. The van der Waals surface area contributed by atoms with Crippen LogP contribution in [0.15, 0.2) is 36.7 Å². The Morgan fingerprint density at radius 2 is 1.62 bits per heavy atom. The van der Waals surface area contributed by atoms with Crippen molar-refractivity contribution < 1.29 is 18.0 Å². The number of hydrogen-bond acceptors (Lipinski definition) is 4. The van der Waals surface area contributed by atoms with Gasteiger partial charge in [0.2, 0.25) is 5.95 Å². The van der Waals surface area contributed by atoms with E-state index in [1.54, 1.807) is 0 Å². The molecule has 2 heterocycles. The van der Waals surface area contributed by atoms with Gasteiger partial charge in [0.15, 0.2) is 0 Å². The maximum absolute atomic E-state index is 12.5. The molecule has 3 rings (SSSR count). The molecule has 1 aliphatic heterocycles. The lowest BCUT2D eigenvalue weighted by Crippen LogP contribution is -2.20. The van der Waals surface area contributed by atoms with Gasteiger partial charge < -0.3 is 10.2 Å². The number of rotatable bonds is 3. The van der Waals surface area contributed by atoms with Gasteiger partial charge in [-0.05, 0) is 37.1 Å². The third-order valence-electron chi connectivity index (χ3n) is 3.76. The minimum absolute atomic E-state index is 0.131. The predicted octanol–water partition coefficient (Wildman–Crippen LogP) is 3.35. The molecule has 24 heavy (non-hydrogen) atoms. The highest BCUT2D eigenvalue weighted by atomic mass is 19.4. The van der Waals surface area contributed by atoms with E-state index < -0.39 is 17.6 Å². The Bertz CT molecular complexity index is 708. The van der Waals surface area contributed by atoms with E-state index in [1.165, 1.54) is 12.4 Å². The zero-order valence-corrected chi connectivity index (χ0v) is 12.7. The highest BCUT2D eigenvalue weighted by molar-refractivity contribution is 6.04. The average molecular weight is 336 g/mol. The summed E-state index contributed by atoms with van der Waals surface area (Å²) in [5.41, 5.74) is -0.271. The largest absolute Gasteiger partial charge is 0.416 e. The van der Waals surface area contributed by atoms with Crippen molar-refractivity contribution in [1.82, 2.24) is 9.97 Å². The molecule has 1 saturated heterocycles. The number of amides is 1. The summed E-state index contributed by atoms with van der Waals surface area (Å²) >= 11 is 0. The second-order valence-corrected chi connectivity index (χ2v) is 5.50. The van der Waals surface area contributed by atoms with Gasteiger partial charge >= 0.3 is 6.18 Å². The van der Waals surface area contributed by atoms with Crippen molar-refractivity contribution in [3.63, 3.8) is 0 Å². The van der Waals surface area contributed by atoms with Crippen LogP contribution >= 0.6 is 0 Å². The van der Waals surface area contributed by atoms with Crippen LogP contribution in [-0.4, -0.2) is 29.0 Å². The molecule has 0 unspecified atom stereocenters. The van der Waals surface area contributed by atoms with Gasteiger partial charge in [-0.3, -0.25) is 4.79 Å². The monoisotopic (exact) mass is 336 g/mol. The van der Waals surface area contributed by atoms with Gasteiger partial charge in [0, 0.05) is 18.7 Å². The second kappa shape index (κ2) is 6.46. The average Bonchev–Trinajstić information content (AvgIpc) is 3.09. The zero-order chi connectivity index (χ0) is 17.2. The highest BCUT2D eigenvalue weighted by Gasteiger charge is 2.30. The first-order valence-corrected chi connectivity index (χ1v) is 7.49. The summed E-state index contributed by atoms with van der Waals surface area (Å²) in [6, 6.07) is 4.03. The van der Waals surface area contributed by atoms with Crippen molar-refractivity contribution in [2.24, 2.45) is 0 Å². The molecule has 0 saturated carbocycles. The van der Waals surface area contributed by atoms with Gasteiger partial charge in [0.1, 0.15) is 0 Å². The molecule has 0 aliphatic carbocycles. The van der Waals surface area contributed by atoms with Crippen molar-refractivity contribution in [2.75, 3.05) is 23.3 Å². The molecule has 0 spiro atoms. The number of alkyl halides is 3. The van der Waals surface area contributed by atoms with Crippen LogP contribution in [0.2, 0.25) is 0 Å². The molecule has 1 aliphatic rings. The number of benzene rings is 1. The van der Waals surface area contributed by atoms with E-state index in [1.807, 2.05) is 0 Å². The van der Waals surface area contributed by atoms with E-state index >= 15 is 0 Å². The molecule has 126 valence electrons. The van der Waals surface area contributed by atoms with E-state index in [2.05, 4.69) is 20.2 Å². The fourth-order valence-corrected chi connectivity index (χ4v) is 2.48. The molecular weight excluding hydrogens is 321 g/mol. The maximum Gasteiger partial charge on any atom is 0.416 e. The summed E-state index contributed by atoms with van der Waals surface area (Å²) in [7, 11) is 0. The molecule has 1 fully saturated rings. The summed E-state index contributed by atoms with van der Waals surface area (Å²) in [4.78, 5) is 22.5. The lowest BCUT2D eigenvalue weighted by molar-refractivity contribution is -0.137. The minimum Gasteiger partial charge on any atom is -0.341 e. The van der Waals surface area contributed by atoms with Gasteiger partial charge in [-0.15, -0.1) is 0 Å². The van der Waals surface area contributed by atoms with Gasteiger partial charge in [-0.1, -0.05) is 0 Å². The summed E-state index contributed by atoms with van der Waals surface area (Å²) in [6.45, 7) is 1.83. The highest BCUT2D eigenvalue weighted by Crippen LogP contribution is 2.29. The lowest BCUT2D eigenvalue weighted by atomic mass is 10.1. The predicted molar refractivity (Wildman–Crippen MR) is 82.9 cm³/mol. The Balaban J connectivity index is 1.66. The molecule has 0 atom stereocenters. The van der Waals surface area contributed by atoms with E-state index in [9.17, 15) is 18.0 Å². The fourth-order valence-electron chi connectivity index (χ4n) is 2.48. The zero-order valence-electron chi connectivity index (χ0n) is 12.7. The van der Waals surface area contributed by atoms with Gasteiger partial charge in [-0.2, -0.15) is 13.2 Å². The van der Waals surface area contributed by atoms with Crippen molar-refractivity contribution >= 4 is 17.5 Å². The van der Waals surface area contributed by atoms with Gasteiger partial charge in [0.25, 0.3) is 5.91 Å². The molecule has 0 radical (unpaired) electrons.